The van der Waals surface area contributed by atoms with Gasteiger partial charge >= 0.3 is 0 Å². The summed E-state index contributed by atoms with van der Waals surface area (Å²) in [6, 6.07) is 0. The molecule has 2 N–H and O–H groups in total. The summed E-state index contributed by atoms with van der Waals surface area (Å²) in [6.07, 6.45) is 2.49. The first-order valence-electron chi connectivity index (χ1n) is 4.35. The van der Waals surface area contributed by atoms with Gasteiger partial charge in [0.25, 0.3) is 0 Å². The fourth-order valence-electron chi connectivity index (χ4n) is 1.04. The molecule has 0 unspecified atom stereocenters. The van der Waals surface area contributed by atoms with Crippen LogP contribution in [0.3, 0.4) is 0 Å². The Morgan fingerprint density at radius 3 is 2.94 bits per heavy atom. The Morgan fingerprint density at radius 2 is 2.38 bits per heavy atom. The molecule has 2 aromatic rings. The summed E-state index contributed by atoms with van der Waals surface area (Å²) in [5.41, 5.74) is 0. The van der Waals surface area contributed by atoms with Crippen LogP contribution >= 0.6 is 0 Å². The molecule has 0 aliphatic carbocycles. The van der Waals surface area contributed by atoms with Gasteiger partial charge in [-0.3, -0.25) is 5.10 Å². The van der Waals surface area contributed by atoms with Crippen molar-refractivity contribution in [3.63, 3.8) is 0 Å². The van der Waals surface area contributed by atoms with Crippen LogP contribution in [0.4, 0.5) is 0 Å². The second-order valence-corrected chi connectivity index (χ2v) is 4.76. The van der Waals surface area contributed by atoms with Crippen molar-refractivity contribution in [3.05, 3.63) is 24.1 Å². The Hall–Kier alpha value is -1.74. The first-order valence-corrected chi connectivity index (χ1v) is 5.84. The number of hydrogen-bond donors (Lipinski definition) is 2. The molecular formula is C7H9N5O3S. The number of nitrogens with one attached hydrogen (secondary N) is 2. The zero-order chi connectivity index (χ0) is 11.6. The Balaban J connectivity index is 2.06. The van der Waals surface area contributed by atoms with Crippen LogP contribution in [0, 0.1) is 6.92 Å². The highest BCUT2D eigenvalue weighted by atomic mass is 32.2. The van der Waals surface area contributed by atoms with Gasteiger partial charge in [0.2, 0.25) is 15.9 Å². The first-order chi connectivity index (χ1) is 7.58. The average molecular weight is 243 g/mol. The molecule has 2 rings (SSSR count). The third-order valence-corrected chi connectivity index (χ3v) is 3.13. The van der Waals surface area contributed by atoms with E-state index in [-0.39, 0.29) is 17.3 Å². The van der Waals surface area contributed by atoms with Gasteiger partial charge in [-0.05, 0) is 6.92 Å². The molecule has 8 nitrogen and oxygen atoms in total. The number of hydrogen-bond acceptors (Lipinski definition) is 6. The van der Waals surface area contributed by atoms with Crippen molar-refractivity contribution in [2.24, 2.45) is 0 Å². The number of H-pyrrole nitrogens is 1. The van der Waals surface area contributed by atoms with Crippen molar-refractivity contribution in [2.75, 3.05) is 0 Å². The summed E-state index contributed by atoms with van der Waals surface area (Å²) in [7, 11) is -3.58. The van der Waals surface area contributed by atoms with Gasteiger partial charge in [0.1, 0.15) is 4.90 Å². The Bertz CT molecular complexity index is 559. The van der Waals surface area contributed by atoms with Crippen molar-refractivity contribution in [1.82, 2.24) is 25.1 Å². The smallest absolute Gasteiger partial charge is 0.244 e. The van der Waals surface area contributed by atoms with Crippen molar-refractivity contribution in [3.8, 4) is 0 Å². The molecule has 0 fully saturated rings. The normalized spacial score (nSPS) is 11.8. The number of sulfonamides is 1. The second kappa shape index (κ2) is 4.02. The summed E-state index contributed by atoms with van der Waals surface area (Å²) >= 11 is 0. The minimum absolute atomic E-state index is 0.0473. The number of rotatable bonds is 4. The SMILES string of the molecule is Cc1noc(CNS(=O)(=O)c2cn[nH]c2)n1. The highest BCUT2D eigenvalue weighted by Crippen LogP contribution is 2.05. The van der Waals surface area contributed by atoms with E-state index >= 15 is 0 Å². The molecule has 16 heavy (non-hydrogen) atoms. The van der Waals surface area contributed by atoms with Crippen LogP contribution in [0.15, 0.2) is 21.8 Å². The van der Waals surface area contributed by atoms with Crippen molar-refractivity contribution < 1.29 is 12.9 Å². The second-order valence-electron chi connectivity index (χ2n) is 2.99. The summed E-state index contributed by atoms with van der Waals surface area (Å²) in [6.45, 7) is 1.60. The molecule has 0 aliphatic heterocycles. The molecule has 0 radical (unpaired) electrons. The highest BCUT2D eigenvalue weighted by Gasteiger charge is 2.16. The minimum Gasteiger partial charge on any atom is -0.338 e. The molecule has 0 aliphatic rings. The maximum absolute atomic E-state index is 11.6. The van der Waals surface area contributed by atoms with E-state index in [1.807, 2.05) is 0 Å². The van der Waals surface area contributed by atoms with Gasteiger partial charge < -0.3 is 4.52 Å². The van der Waals surface area contributed by atoms with Crippen LogP contribution in [0.5, 0.6) is 0 Å². The molecule has 0 bridgehead atoms. The molecular weight excluding hydrogens is 234 g/mol. The fourth-order valence-corrected chi connectivity index (χ4v) is 1.92. The standard InChI is InChI=1S/C7H9N5O3S/c1-5-11-7(15-12-5)4-10-16(13,14)6-2-8-9-3-6/h2-3,10H,4H2,1H3,(H,8,9). The zero-order valence-corrected chi connectivity index (χ0v) is 9.15. The molecule has 0 aromatic carbocycles. The van der Waals surface area contributed by atoms with Gasteiger partial charge in [-0.15, -0.1) is 0 Å². The van der Waals surface area contributed by atoms with Gasteiger partial charge in [0, 0.05) is 6.20 Å². The van der Waals surface area contributed by atoms with Crippen LogP contribution in [-0.4, -0.2) is 28.8 Å². The van der Waals surface area contributed by atoms with Gasteiger partial charge in [0.05, 0.1) is 12.7 Å². The Labute approximate surface area is 91.1 Å². The van der Waals surface area contributed by atoms with Crippen LogP contribution in [0.25, 0.3) is 0 Å². The van der Waals surface area contributed by atoms with E-state index in [9.17, 15) is 8.42 Å². The molecule has 86 valence electrons. The van der Waals surface area contributed by atoms with E-state index in [1.165, 1.54) is 12.4 Å². The lowest BCUT2D eigenvalue weighted by Gasteiger charge is -2.00. The van der Waals surface area contributed by atoms with Gasteiger partial charge in [-0.1, -0.05) is 5.16 Å². The predicted molar refractivity (Wildman–Crippen MR) is 51.6 cm³/mol. The van der Waals surface area contributed by atoms with E-state index in [1.54, 1.807) is 6.92 Å². The molecule has 0 spiro atoms. The average Bonchev–Trinajstić information content (AvgIpc) is 2.85. The van der Waals surface area contributed by atoms with Crippen molar-refractivity contribution in [1.29, 1.82) is 0 Å². The van der Waals surface area contributed by atoms with Crippen LogP contribution in [0.2, 0.25) is 0 Å². The largest absolute Gasteiger partial charge is 0.338 e. The van der Waals surface area contributed by atoms with Gasteiger partial charge in [-0.25, -0.2) is 13.1 Å². The Morgan fingerprint density at radius 1 is 1.56 bits per heavy atom. The van der Waals surface area contributed by atoms with Crippen LogP contribution in [0.1, 0.15) is 11.7 Å². The quantitative estimate of drug-likeness (QED) is 0.753. The summed E-state index contributed by atoms with van der Waals surface area (Å²) in [5, 5.41) is 9.51. The number of nitrogens with zero attached hydrogens (tertiary/aromatic N) is 3. The lowest BCUT2D eigenvalue weighted by molar-refractivity contribution is 0.372. The zero-order valence-electron chi connectivity index (χ0n) is 8.34. The highest BCUT2D eigenvalue weighted by molar-refractivity contribution is 7.89. The number of aryl methyl sites for hydroxylation is 1. The lowest BCUT2D eigenvalue weighted by Crippen LogP contribution is -2.23. The van der Waals surface area contributed by atoms with Gasteiger partial charge in [0.15, 0.2) is 5.82 Å². The molecule has 2 heterocycles. The summed E-state index contributed by atoms with van der Waals surface area (Å²) < 4.78 is 30.3. The van der Waals surface area contributed by atoms with Crippen molar-refractivity contribution >= 4 is 10.0 Å². The summed E-state index contributed by atoms with van der Waals surface area (Å²) in [5.74, 6) is 0.669. The number of aromatic nitrogens is 4. The fraction of sp³-hybridized carbons (Fsp3) is 0.286. The topological polar surface area (TPSA) is 114 Å². The number of aromatic amines is 1. The van der Waals surface area contributed by atoms with Crippen molar-refractivity contribution in [2.45, 2.75) is 18.4 Å². The monoisotopic (exact) mass is 243 g/mol. The molecule has 2 aromatic heterocycles. The van der Waals surface area contributed by atoms with E-state index < -0.39 is 10.0 Å². The summed E-state index contributed by atoms with van der Waals surface area (Å²) in [4.78, 5) is 3.93. The third-order valence-electron chi connectivity index (χ3n) is 1.77. The third kappa shape index (κ3) is 2.25. The van der Waals surface area contributed by atoms with Gasteiger partial charge in [-0.2, -0.15) is 10.1 Å². The molecule has 0 amide bonds. The van der Waals surface area contributed by atoms with Crippen LogP contribution in [-0.2, 0) is 16.6 Å². The molecule has 9 heteroatoms. The van der Waals surface area contributed by atoms with E-state index in [2.05, 4.69) is 25.1 Å². The lowest BCUT2D eigenvalue weighted by atomic mass is 10.6. The Kier molecular flexibility index (Phi) is 2.71. The molecule has 0 saturated heterocycles. The van der Waals surface area contributed by atoms with E-state index in [0.29, 0.717) is 5.82 Å². The van der Waals surface area contributed by atoms with Crippen LogP contribution < -0.4 is 4.72 Å². The maximum Gasteiger partial charge on any atom is 0.244 e. The predicted octanol–water partition coefficient (Wildman–Crippen LogP) is -0.420. The first kappa shape index (κ1) is 10.8. The van der Waals surface area contributed by atoms with E-state index in [0.717, 1.165) is 0 Å². The minimum atomic E-state index is -3.58. The maximum atomic E-state index is 11.6. The van der Waals surface area contributed by atoms with E-state index in [4.69, 9.17) is 4.52 Å². The molecule has 0 atom stereocenters. The molecule has 0 saturated carbocycles.